The summed E-state index contributed by atoms with van der Waals surface area (Å²) in [6.45, 7) is 13.6. The lowest BCUT2D eigenvalue weighted by molar-refractivity contribution is -0.760. The third kappa shape index (κ3) is 16.5. The van der Waals surface area contributed by atoms with Crippen molar-refractivity contribution >= 4 is 46.5 Å². The highest BCUT2D eigenvalue weighted by atomic mass is 17.0. The molecule has 2 aromatic rings. The van der Waals surface area contributed by atoms with Gasteiger partial charge in [-0.15, -0.1) is 20.2 Å². The summed E-state index contributed by atoms with van der Waals surface area (Å²) in [5.74, 6) is -1.60. The molecule has 2 heterocycles. The molecule has 2 amide bonds. The van der Waals surface area contributed by atoms with Crippen LogP contribution >= 0.6 is 0 Å². The summed E-state index contributed by atoms with van der Waals surface area (Å²) < 4.78 is 24.0. The van der Waals surface area contributed by atoms with Gasteiger partial charge in [-0.05, 0) is 79.7 Å². The Labute approximate surface area is 395 Å². The van der Waals surface area contributed by atoms with E-state index in [2.05, 4.69) is 41.6 Å². The normalized spacial score (nSPS) is 14.4. The van der Waals surface area contributed by atoms with Crippen LogP contribution in [0.2, 0.25) is 0 Å². The minimum Gasteiger partial charge on any atom is -0.487 e. The lowest BCUT2D eigenvalue weighted by Crippen LogP contribution is -2.54. The van der Waals surface area contributed by atoms with Crippen molar-refractivity contribution in [1.29, 1.82) is 0 Å². The van der Waals surface area contributed by atoms with Gasteiger partial charge in [0.2, 0.25) is 11.8 Å². The van der Waals surface area contributed by atoms with Gasteiger partial charge >= 0.3 is 11.9 Å². The maximum absolute atomic E-state index is 13.4. The Bertz CT molecular complexity index is 2000. The highest BCUT2D eigenvalue weighted by Gasteiger charge is 2.33. The lowest BCUT2D eigenvalue weighted by Gasteiger charge is -2.31. The van der Waals surface area contributed by atoms with Crippen LogP contribution in [-0.2, 0) is 38.3 Å². The molecule has 0 fully saturated rings. The zero-order chi connectivity index (χ0) is 50.5. The van der Waals surface area contributed by atoms with E-state index in [1.807, 2.05) is 48.2 Å². The number of nitrogens with one attached hydrogen (secondary N) is 6. The first-order chi connectivity index (χ1) is 31.8. The number of ether oxygens (including phenoxy) is 4. The third-order valence-corrected chi connectivity index (χ3v) is 10.8. The van der Waals surface area contributed by atoms with Gasteiger partial charge in [0, 0.05) is 63.5 Å². The third-order valence-electron chi connectivity index (χ3n) is 10.8. The lowest BCUT2D eigenvalue weighted by atomic mass is 9.93. The van der Waals surface area contributed by atoms with Gasteiger partial charge < -0.3 is 70.3 Å². The van der Waals surface area contributed by atoms with E-state index in [0.29, 0.717) is 24.8 Å². The molecule has 6 N–H and O–H groups in total. The van der Waals surface area contributed by atoms with E-state index < -0.39 is 81.3 Å². The van der Waals surface area contributed by atoms with Crippen molar-refractivity contribution in [2.45, 2.75) is 78.7 Å². The molecule has 0 bridgehead atoms. The van der Waals surface area contributed by atoms with Crippen LogP contribution < -0.4 is 51.2 Å². The highest BCUT2D eigenvalue weighted by Crippen LogP contribution is 2.40. The quantitative estimate of drug-likeness (QED) is 0.0309. The minimum atomic E-state index is -1.20. The smallest absolute Gasteiger partial charge is 0.331 e. The van der Waals surface area contributed by atoms with E-state index in [1.165, 1.54) is 27.7 Å². The number of rotatable bonds is 28. The summed E-state index contributed by atoms with van der Waals surface area (Å²) in [6.07, 6.45) is 0.0393. The number of para-hydroxylation sites is 2. The van der Waals surface area contributed by atoms with Crippen molar-refractivity contribution in [1.82, 2.24) is 21.3 Å². The van der Waals surface area contributed by atoms with Gasteiger partial charge in [-0.1, -0.05) is 12.1 Å². The zero-order valence-corrected chi connectivity index (χ0v) is 40.3. The standard InChI is InChI=1S/C44H66N10O14/c1-41(2,25-65-53(59)60)39(57)45-23-43(5,6)49-19-29(21-63-33-15-11-13-31-37(33)51(9)27-47-31)67-35(55)17-18-36(56)68-30(22-64-34-16-12-14-32-38(34)52(10)28-48-32)20-50-44(7,8)24-46-40(58)42(3,4)26-66-54(61)62/h11-18,29-30,47-50H,19-28H2,1-10H3,(H,45,57)(H,46,58)/b18-17+. The van der Waals surface area contributed by atoms with Crippen LogP contribution in [0.25, 0.3) is 0 Å². The molecule has 24 nitrogen and oxygen atoms in total. The van der Waals surface area contributed by atoms with Gasteiger partial charge in [-0.3, -0.25) is 9.59 Å². The topological polar surface area (TPSA) is 289 Å². The minimum absolute atomic E-state index is 0.0449. The van der Waals surface area contributed by atoms with E-state index in [9.17, 15) is 39.4 Å². The highest BCUT2D eigenvalue weighted by molar-refractivity contribution is 5.92. The molecule has 24 heteroatoms. The largest absolute Gasteiger partial charge is 0.487 e. The van der Waals surface area contributed by atoms with Crippen molar-refractivity contribution in [3.05, 3.63) is 68.8 Å². The van der Waals surface area contributed by atoms with E-state index in [1.54, 1.807) is 39.8 Å². The average Bonchev–Trinajstić information content (AvgIpc) is 3.86. The van der Waals surface area contributed by atoms with Crippen molar-refractivity contribution in [2.75, 3.05) is 100 Å². The second-order valence-electron chi connectivity index (χ2n) is 19.1. The van der Waals surface area contributed by atoms with Crippen molar-refractivity contribution < 1.29 is 58.0 Å². The second kappa shape index (κ2) is 23.3. The van der Waals surface area contributed by atoms with Crippen LogP contribution in [0, 0.1) is 31.1 Å². The number of nitrogens with zero attached hydrogens (tertiary/aromatic N) is 4. The molecule has 376 valence electrons. The predicted molar refractivity (Wildman–Crippen MR) is 250 cm³/mol. The first-order valence-corrected chi connectivity index (χ1v) is 21.9. The van der Waals surface area contributed by atoms with E-state index in [4.69, 9.17) is 18.9 Å². The molecule has 2 atom stereocenters. The number of esters is 2. The van der Waals surface area contributed by atoms with Crippen molar-refractivity contribution in [2.24, 2.45) is 10.8 Å². The van der Waals surface area contributed by atoms with Gasteiger partial charge in [-0.25, -0.2) is 9.59 Å². The van der Waals surface area contributed by atoms with Crippen LogP contribution in [0.3, 0.4) is 0 Å². The van der Waals surface area contributed by atoms with Crippen LogP contribution in [0.5, 0.6) is 11.5 Å². The Morgan fingerprint density at radius 2 is 1.03 bits per heavy atom. The van der Waals surface area contributed by atoms with Crippen LogP contribution in [0.4, 0.5) is 22.7 Å². The molecule has 0 aliphatic carbocycles. The maximum Gasteiger partial charge on any atom is 0.331 e. The molecule has 0 radical (unpaired) electrons. The summed E-state index contributed by atoms with van der Waals surface area (Å²) in [7, 11) is 3.80. The summed E-state index contributed by atoms with van der Waals surface area (Å²) in [5.41, 5.74) is -0.565. The molecule has 2 unspecified atom stereocenters. The summed E-state index contributed by atoms with van der Waals surface area (Å²) >= 11 is 0. The number of benzene rings is 2. The van der Waals surface area contributed by atoms with E-state index >= 15 is 0 Å². The van der Waals surface area contributed by atoms with Crippen molar-refractivity contribution in [3.63, 3.8) is 0 Å². The Morgan fingerprint density at radius 3 is 1.38 bits per heavy atom. The number of carbonyl (C=O) groups is 4. The fourth-order valence-corrected chi connectivity index (χ4v) is 6.64. The fourth-order valence-electron chi connectivity index (χ4n) is 6.64. The van der Waals surface area contributed by atoms with Gasteiger partial charge in [0.05, 0.1) is 35.5 Å². The summed E-state index contributed by atoms with van der Waals surface area (Å²) in [4.78, 5) is 86.8. The van der Waals surface area contributed by atoms with Gasteiger partial charge in [0.15, 0.2) is 0 Å². The molecule has 68 heavy (non-hydrogen) atoms. The average molecular weight is 959 g/mol. The Morgan fingerprint density at radius 1 is 0.662 bits per heavy atom. The maximum atomic E-state index is 13.4. The number of hydrogen-bond acceptors (Lipinski definition) is 20. The number of carbonyl (C=O) groups excluding carboxylic acids is 4. The molecule has 2 aliphatic rings. The molecular weight excluding hydrogens is 893 g/mol. The molecule has 0 saturated carbocycles. The number of amides is 2. The summed E-state index contributed by atoms with van der Waals surface area (Å²) in [5, 5.41) is 38.2. The number of fused-ring (bicyclic) bond motifs is 2. The van der Waals surface area contributed by atoms with Crippen molar-refractivity contribution in [3.8, 4) is 11.5 Å². The molecule has 2 aromatic carbocycles. The van der Waals surface area contributed by atoms with Crippen LogP contribution in [0.15, 0.2) is 48.6 Å². The Kier molecular flexibility index (Phi) is 18.4. The second-order valence-corrected chi connectivity index (χ2v) is 19.1. The first kappa shape index (κ1) is 53.8. The van der Waals surface area contributed by atoms with E-state index in [0.717, 1.165) is 34.9 Å². The molecule has 0 saturated heterocycles. The first-order valence-electron chi connectivity index (χ1n) is 21.9. The predicted octanol–water partition coefficient (Wildman–Crippen LogP) is 2.60. The number of anilines is 4. The van der Waals surface area contributed by atoms with Gasteiger partial charge in [0.25, 0.3) is 10.2 Å². The van der Waals surface area contributed by atoms with Gasteiger partial charge in [-0.2, -0.15) is 0 Å². The van der Waals surface area contributed by atoms with Gasteiger partial charge in [0.1, 0.15) is 61.5 Å². The monoisotopic (exact) mass is 958 g/mol. The van der Waals surface area contributed by atoms with Crippen LogP contribution in [-0.4, -0.2) is 137 Å². The Balaban J connectivity index is 1.44. The molecule has 2 aliphatic heterocycles. The summed E-state index contributed by atoms with van der Waals surface area (Å²) in [6, 6.07) is 11.1. The molecular formula is C44H66N10O14. The van der Waals surface area contributed by atoms with Crippen LogP contribution in [0.1, 0.15) is 55.4 Å². The zero-order valence-electron chi connectivity index (χ0n) is 40.3. The SMILES string of the molecule is CN1CNc2cccc(OCC(CNC(C)(C)CNC(=O)C(C)(C)CO[N+](=O)[O-])OC(=O)/C=C/C(=O)OC(CNC(C)(C)CNC(=O)C(C)(C)CO[N+](=O)[O-])COc3cccc4c3N(C)CN4)c21. The fraction of sp³-hybridized carbons (Fsp3) is 0.591. The number of hydrogen-bond donors (Lipinski definition) is 6. The molecule has 4 rings (SSSR count). The molecule has 0 aromatic heterocycles. The Hall–Kier alpha value is -6.82. The molecule has 0 spiro atoms. The van der Waals surface area contributed by atoms with E-state index in [-0.39, 0.29) is 39.4 Å².